The molecule has 2 nitrogen and oxygen atoms in total. The average Bonchev–Trinajstić information content (AvgIpc) is 2.85. The maximum Gasteiger partial charge on any atom is 0.151 e. The summed E-state index contributed by atoms with van der Waals surface area (Å²) in [6.45, 7) is 8.06. The van der Waals surface area contributed by atoms with Crippen molar-refractivity contribution in [1.29, 1.82) is 0 Å². The van der Waals surface area contributed by atoms with Gasteiger partial charge in [-0.25, -0.2) is 4.98 Å². The van der Waals surface area contributed by atoms with Gasteiger partial charge in [0.15, 0.2) is 4.34 Å². The molecule has 1 N–H and O–H groups in total. The number of benzene rings is 1. The van der Waals surface area contributed by atoms with E-state index in [9.17, 15) is 0 Å². The van der Waals surface area contributed by atoms with Crippen molar-refractivity contribution in [2.45, 2.75) is 49.2 Å². The van der Waals surface area contributed by atoms with Crippen LogP contribution in [0.1, 0.15) is 33.6 Å². The summed E-state index contributed by atoms with van der Waals surface area (Å²) in [4.78, 5) is 4.81. The van der Waals surface area contributed by atoms with Gasteiger partial charge in [0.05, 0.1) is 10.2 Å². The molecule has 4 atom stereocenters. The van der Waals surface area contributed by atoms with Gasteiger partial charge in [0.1, 0.15) is 0 Å². The predicted molar refractivity (Wildman–Crippen MR) is 94.3 cm³/mol. The van der Waals surface area contributed by atoms with Crippen molar-refractivity contribution >= 4 is 33.3 Å². The van der Waals surface area contributed by atoms with Crippen molar-refractivity contribution < 1.29 is 0 Å². The lowest BCUT2D eigenvalue weighted by atomic mass is 9.80. The molecule has 0 bridgehead atoms. The standard InChI is InChI=1S/C17H24N2S2/c1-4-18-14-10-11(2)9-12(3)16(14)21-17-19-13-7-5-6-8-15(13)20-17/h5-8,11-12,14,16,18H,4,9-10H2,1-3H3. The van der Waals surface area contributed by atoms with Gasteiger partial charge < -0.3 is 5.32 Å². The largest absolute Gasteiger partial charge is 0.313 e. The summed E-state index contributed by atoms with van der Waals surface area (Å²) in [5.74, 6) is 1.58. The number of nitrogens with zero attached hydrogens (tertiary/aromatic N) is 1. The van der Waals surface area contributed by atoms with Gasteiger partial charge in [-0.05, 0) is 43.4 Å². The van der Waals surface area contributed by atoms with Crippen LogP contribution in [0.3, 0.4) is 0 Å². The molecule has 1 heterocycles. The molecule has 21 heavy (non-hydrogen) atoms. The highest BCUT2D eigenvalue weighted by Crippen LogP contribution is 2.41. The van der Waals surface area contributed by atoms with Crippen LogP contribution in [-0.4, -0.2) is 22.8 Å². The predicted octanol–water partition coefficient (Wildman–Crippen LogP) is 4.80. The van der Waals surface area contributed by atoms with Gasteiger partial charge >= 0.3 is 0 Å². The maximum atomic E-state index is 4.81. The molecular formula is C17H24N2S2. The topological polar surface area (TPSA) is 24.9 Å². The molecular weight excluding hydrogens is 296 g/mol. The van der Waals surface area contributed by atoms with E-state index in [-0.39, 0.29) is 0 Å². The monoisotopic (exact) mass is 320 g/mol. The number of fused-ring (bicyclic) bond motifs is 1. The highest BCUT2D eigenvalue weighted by atomic mass is 32.2. The SMILES string of the molecule is CCNC1CC(C)CC(C)C1Sc1nc2ccccc2s1. The van der Waals surface area contributed by atoms with Crippen molar-refractivity contribution in [3.05, 3.63) is 24.3 Å². The molecule has 1 aliphatic rings. The molecule has 0 saturated heterocycles. The quantitative estimate of drug-likeness (QED) is 0.876. The molecule has 0 spiro atoms. The molecule has 0 aliphatic heterocycles. The number of hydrogen-bond donors (Lipinski definition) is 1. The van der Waals surface area contributed by atoms with Gasteiger partial charge in [0.25, 0.3) is 0 Å². The number of thioether (sulfide) groups is 1. The zero-order chi connectivity index (χ0) is 14.8. The highest BCUT2D eigenvalue weighted by Gasteiger charge is 2.34. The van der Waals surface area contributed by atoms with Crippen LogP contribution in [0.5, 0.6) is 0 Å². The third kappa shape index (κ3) is 3.43. The van der Waals surface area contributed by atoms with Crippen LogP contribution in [0.2, 0.25) is 0 Å². The minimum atomic E-state index is 0.616. The molecule has 1 aromatic carbocycles. The van der Waals surface area contributed by atoms with Crippen molar-refractivity contribution in [2.75, 3.05) is 6.54 Å². The molecule has 0 amide bonds. The van der Waals surface area contributed by atoms with E-state index < -0.39 is 0 Å². The minimum absolute atomic E-state index is 0.616. The Balaban J connectivity index is 1.80. The molecule has 4 heteroatoms. The Hall–Kier alpha value is -0.580. The van der Waals surface area contributed by atoms with Crippen molar-refractivity contribution in [2.24, 2.45) is 11.8 Å². The van der Waals surface area contributed by atoms with Crippen LogP contribution in [0, 0.1) is 11.8 Å². The third-order valence-corrected chi connectivity index (χ3v) is 7.09. The van der Waals surface area contributed by atoms with Gasteiger partial charge in [0.2, 0.25) is 0 Å². The minimum Gasteiger partial charge on any atom is -0.313 e. The lowest BCUT2D eigenvalue weighted by Gasteiger charge is -2.39. The normalized spacial score (nSPS) is 29.9. The van der Waals surface area contributed by atoms with E-state index in [1.165, 1.54) is 21.9 Å². The fourth-order valence-corrected chi connectivity index (χ4v) is 6.10. The first-order valence-corrected chi connectivity index (χ1v) is 9.62. The third-order valence-electron chi connectivity index (χ3n) is 4.37. The van der Waals surface area contributed by atoms with Crippen LogP contribution in [0.25, 0.3) is 10.2 Å². The summed E-state index contributed by atoms with van der Waals surface area (Å²) in [6, 6.07) is 9.07. The van der Waals surface area contributed by atoms with Crippen LogP contribution in [-0.2, 0) is 0 Å². The Morgan fingerprint density at radius 1 is 1.29 bits per heavy atom. The van der Waals surface area contributed by atoms with Crippen molar-refractivity contribution in [1.82, 2.24) is 10.3 Å². The van der Waals surface area contributed by atoms with E-state index in [0.29, 0.717) is 11.3 Å². The number of para-hydroxylation sites is 1. The molecule has 1 fully saturated rings. The summed E-state index contributed by atoms with van der Waals surface area (Å²) < 4.78 is 2.53. The first kappa shape index (κ1) is 15.3. The maximum absolute atomic E-state index is 4.81. The summed E-state index contributed by atoms with van der Waals surface area (Å²) >= 11 is 3.83. The fraction of sp³-hybridized carbons (Fsp3) is 0.588. The zero-order valence-corrected chi connectivity index (χ0v) is 14.6. The Morgan fingerprint density at radius 2 is 2.10 bits per heavy atom. The van der Waals surface area contributed by atoms with E-state index in [2.05, 4.69) is 50.4 Å². The van der Waals surface area contributed by atoms with Gasteiger partial charge in [-0.3, -0.25) is 0 Å². The van der Waals surface area contributed by atoms with Gasteiger partial charge in [-0.2, -0.15) is 0 Å². The molecule has 1 aromatic heterocycles. The molecule has 2 aromatic rings. The van der Waals surface area contributed by atoms with Gasteiger partial charge in [0, 0.05) is 11.3 Å². The van der Waals surface area contributed by atoms with Crippen LogP contribution < -0.4 is 5.32 Å². The van der Waals surface area contributed by atoms with Crippen LogP contribution in [0.15, 0.2) is 28.6 Å². The Bertz CT molecular complexity index is 562. The van der Waals surface area contributed by atoms with Crippen molar-refractivity contribution in [3.63, 3.8) is 0 Å². The first-order valence-electron chi connectivity index (χ1n) is 7.93. The number of nitrogens with one attached hydrogen (secondary N) is 1. The second-order valence-corrected chi connectivity index (χ2v) is 8.70. The molecule has 3 rings (SSSR count). The van der Waals surface area contributed by atoms with E-state index in [0.717, 1.165) is 23.9 Å². The summed E-state index contributed by atoms with van der Waals surface area (Å²) in [7, 11) is 0. The van der Waals surface area contributed by atoms with E-state index in [4.69, 9.17) is 4.98 Å². The zero-order valence-electron chi connectivity index (χ0n) is 13.0. The average molecular weight is 321 g/mol. The Morgan fingerprint density at radius 3 is 2.86 bits per heavy atom. The molecule has 1 saturated carbocycles. The molecule has 0 radical (unpaired) electrons. The lowest BCUT2D eigenvalue weighted by Crippen LogP contribution is -2.46. The number of rotatable bonds is 4. The van der Waals surface area contributed by atoms with E-state index >= 15 is 0 Å². The fourth-order valence-electron chi connectivity index (χ4n) is 3.51. The molecule has 114 valence electrons. The number of hydrogen-bond acceptors (Lipinski definition) is 4. The van der Waals surface area contributed by atoms with Crippen LogP contribution >= 0.6 is 23.1 Å². The van der Waals surface area contributed by atoms with Crippen molar-refractivity contribution in [3.8, 4) is 0 Å². The first-order chi connectivity index (χ1) is 10.2. The Kier molecular flexibility index (Phi) is 4.87. The Labute approximate surface area is 135 Å². The van der Waals surface area contributed by atoms with Gasteiger partial charge in [-0.15, -0.1) is 11.3 Å². The second-order valence-electron chi connectivity index (χ2n) is 6.25. The van der Waals surface area contributed by atoms with Gasteiger partial charge in [-0.1, -0.05) is 44.7 Å². The number of aromatic nitrogens is 1. The summed E-state index contributed by atoms with van der Waals surface area (Å²) in [5, 5.41) is 4.35. The molecule has 4 unspecified atom stereocenters. The summed E-state index contributed by atoms with van der Waals surface area (Å²) in [6.07, 6.45) is 2.63. The van der Waals surface area contributed by atoms with E-state index in [1.54, 1.807) is 0 Å². The second kappa shape index (κ2) is 6.67. The smallest absolute Gasteiger partial charge is 0.151 e. The highest BCUT2D eigenvalue weighted by molar-refractivity contribution is 8.01. The van der Waals surface area contributed by atoms with Crippen LogP contribution in [0.4, 0.5) is 0 Å². The molecule has 1 aliphatic carbocycles. The lowest BCUT2D eigenvalue weighted by molar-refractivity contribution is 0.251. The number of thiazole rings is 1. The summed E-state index contributed by atoms with van der Waals surface area (Å²) in [5.41, 5.74) is 1.14. The van der Waals surface area contributed by atoms with E-state index in [1.807, 2.05) is 23.1 Å².